The van der Waals surface area contributed by atoms with Gasteiger partial charge in [-0.25, -0.2) is 4.57 Å². The number of aromatic nitrogens is 1. The van der Waals surface area contributed by atoms with Crippen LogP contribution in [0.4, 0.5) is 37.7 Å². The van der Waals surface area contributed by atoms with Gasteiger partial charge in [-0.1, -0.05) is 0 Å². The molecule has 194 valence electrons. The molecule has 16 heteroatoms. The lowest BCUT2D eigenvalue weighted by Crippen LogP contribution is -2.19. The van der Waals surface area contributed by atoms with Crippen LogP contribution < -0.4 is 20.3 Å². The van der Waals surface area contributed by atoms with Crippen LogP contribution in [0.2, 0.25) is 0 Å². The van der Waals surface area contributed by atoms with Gasteiger partial charge >= 0.3 is 20.4 Å². The number of benzene rings is 2. The predicted molar refractivity (Wildman–Crippen MR) is 112 cm³/mol. The number of alkyl halides is 6. The molecule has 0 aliphatic heterocycles. The van der Waals surface area contributed by atoms with Gasteiger partial charge in [0.2, 0.25) is 0 Å². The molecule has 0 bridgehead atoms. The zero-order chi connectivity index (χ0) is 26.7. The molecule has 1 aromatic heterocycles. The van der Waals surface area contributed by atoms with Gasteiger partial charge in [-0.2, -0.15) is 13.2 Å². The molecular formula is C20H15F6N2O7P. The third-order valence-corrected chi connectivity index (χ3v) is 4.69. The van der Waals surface area contributed by atoms with Crippen LogP contribution in [-0.2, 0) is 22.0 Å². The summed E-state index contributed by atoms with van der Waals surface area (Å²) in [5, 5.41) is 2.68. The molecule has 3 rings (SSSR count). The molecule has 0 unspecified atom stereocenters. The smallest absolute Gasteiger partial charge is 0.455 e. The van der Waals surface area contributed by atoms with Gasteiger partial charge in [-0.3, -0.25) is 13.9 Å². The van der Waals surface area contributed by atoms with Crippen LogP contribution in [0.3, 0.4) is 0 Å². The number of rotatable bonds is 8. The quantitative estimate of drug-likeness (QED) is 0.258. The van der Waals surface area contributed by atoms with E-state index in [2.05, 4.69) is 14.6 Å². The third kappa shape index (κ3) is 8.02. The van der Waals surface area contributed by atoms with Crippen molar-refractivity contribution in [1.29, 1.82) is 0 Å². The molecule has 0 saturated carbocycles. The summed E-state index contributed by atoms with van der Waals surface area (Å²) in [6, 6.07) is 8.57. The van der Waals surface area contributed by atoms with Gasteiger partial charge in [0.1, 0.15) is 18.2 Å². The first-order valence-electron chi connectivity index (χ1n) is 9.52. The molecule has 0 spiro atoms. The Balaban J connectivity index is 1.87. The van der Waals surface area contributed by atoms with E-state index in [1.807, 2.05) is 0 Å². The summed E-state index contributed by atoms with van der Waals surface area (Å²) in [6.45, 7) is -0.758. The number of hydrogen-bond donors (Lipinski definition) is 3. The first-order chi connectivity index (χ1) is 16.6. The van der Waals surface area contributed by atoms with Gasteiger partial charge in [0.25, 0.3) is 5.56 Å². The van der Waals surface area contributed by atoms with E-state index in [4.69, 9.17) is 14.5 Å². The van der Waals surface area contributed by atoms with Crippen molar-refractivity contribution in [3.8, 4) is 17.2 Å². The molecule has 2 aromatic carbocycles. The van der Waals surface area contributed by atoms with Crippen LogP contribution in [-0.4, -0.2) is 20.7 Å². The van der Waals surface area contributed by atoms with Gasteiger partial charge < -0.3 is 24.6 Å². The second kappa shape index (κ2) is 10.2. The maximum Gasteiger partial charge on any atom is 0.573 e. The van der Waals surface area contributed by atoms with Crippen molar-refractivity contribution in [2.45, 2.75) is 19.3 Å². The van der Waals surface area contributed by atoms with Crippen LogP contribution in [0.15, 0.2) is 65.6 Å². The lowest BCUT2D eigenvalue weighted by Gasteiger charge is -2.16. The minimum atomic E-state index is -4.93. The number of pyridine rings is 1. The van der Waals surface area contributed by atoms with Crippen molar-refractivity contribution in [2.24, 2.45) is 0 Å². The Labute approximate surface area is 197 Å². The summed E-state index contributed by atoms with van der Waals surface area (Å²) in [6.07, 6.45) is -8.55. The van der Waals surface area contributed by atoms with E-state index in [9.17, 15) is 35.7 Å². The van der Waals surface area contributed by atoms with Crippen molar-refractivity contribution in [2.75, 3.05) is 5.32 Å². The Bertz CT molecular complexity index is 1320. The normalized spacial score (nSPS) is 12.3. The van der Waals surface area contributed by atoms with Gasteiger partial charge in [0.15, 0.2) is 5.75 Å². The van der Waals surface area contributed by atoms with Crippen LogP contribution in [0.5, 0.6) is 17.2 Å². The summed E-state index contributed by atoms with van der Waals surface area (Å²) in [7, 11) is -4.84. The lowest BCUT2D eigenvalue weighted by atomic mass is 10.1. The highest BCUT2D eigenvalue weighted by Crippen LogP contribution is 2.39. The average molecular weight is 540 g/mol. The van der Waals surface area contributed by atoms with E-state index >= 15 is 0 Å². The van der Waals surface area contributed by atoms with Crippen LogP contribution >= 0.6 is 7.82 Å². The van der Waals surface area contributed by atoms with E-state index in [1.165, 1.54) is 6.07 Å². The number of ether oxygens (including phenoxy) is 2. The fourth-order valence-corrected chi connectivity index (χ4v) is 2.98. The lowest BCUT2D eigenvalue weighted by molar-refractivity contribution is -0.274. The number of phosphoric acid groups is 1. The topological polar surface area (TPSA) is 119 Å². The Hall–Kier alpha value is -3.52. The highest BCUT2D eigenvalue weighted by molar-refractivity contribution is 7.46. The SMILES string of the molecule is O=c1cc(Nc2ccc(C(F)(F)F)cc2Oc2ccc(OC(F)(F)F)cc2)ccn1COP(=O)(O)O. The molecule has 1 heterocycles. The number of anilines is 2. The van der Waals surface area contributed by atoms with E-state index in [0.29, 0.717) is 6.07 Å². The Morgan fingerprint density at radius 2 is 1.56 bits per heavy atom. The van der Waals surface area contributed by atoms with Gasteiger partial charge in [-0.15, -0.1) is 13.2 Å². The molecule has 0 aliphatic rings. The molecule has 0 radical (unpaired) electrons. The van der Waals surface area contributed by atoms with Gasteiger partial charge in [0, 0.05) is 18.0 Å². The van der Waals surface area contributed by atoms with Crippen molar-refractivity contribution < 1.29 is 54.7 Å². The number of hydrogen-bond acceptors (Lipinski definition) is 6. The maximum absolute atomic E-state index is 13.2. The van der Waals surface area contributed by atoms with E-state index < -0.39 is 44.0 Å². The standard InChI is InChI=1S/C20H15F6N2O7P/c21-19(22,23)12-1-6-16(27-13-7-8-28(18(29)10-13)11-33-36(30,31)32)17(9-12)34-14-2-4-15(5-3-14)35-20(24,25)26/h1-10,27H,11H2,(H2,30,31,32). The van der Waals surface area contributed by atoms with Crippen LogP contribution in [0, 0.1) is 0 Å². The fourth-order valence-electron chi connectivity index (χ4n) is 2.71. The minimum Gasteiger partial charge on any atom is -0.455 e. The molecule has 0 fully saturated rings. The van der Waals surface area contributed by atoms with Crippen molar-refractivity contribution in [3.05, 3.63) is 76.7 Å². The van der Waals surface area contributed by atoms with Gasteiger partial charge in [0.05, 0.1) is 11.3 Å². The Morgan fingerprint density at radius 1 is 0.917 bits per heavy atom. The molecular weight excluding hydrogens is 525 g/mol. The largest absolute Gasteiger partial charge is 0.573 e. The van der Waals surface area contributed by atoms with Crippen molar-refractivity contribution in [3.63, 3.8) is 0 Å². The van der Waals surface area contributed by atoms with Crippen molar-refractivity contribution >= 4 is 19.2 Å². The van der Waals surface area contributed by atoms with E-state index in [1.54, 1.807) is 0 Å². The second-order valence-corrected chi connectivity index (χ2v) is 8.17. The number of halogens is 6. The highest BCUT2D eigenvalue weighted by atomic mass is 31.2. The summed E-state index contributed by atoms with van der Waals surface area (Å²) in [4.78, 5) is 29.6. The third-order valence-electron chi connectivity index (χ3n) is 4.23. The summed E-state index contributed by atoms with van der Waals surface area (Å²) in [5.74, 6) is -1.05. The number of phosphoric ester groups is 1. The summed E-state index contributed by atoms with van der Waals surface area (Å²) in [5.41, 5.74) is -1.80. The monoisotopic (exact) mass is 540 g/mol. The fraction of sp³-hybridized carbons (Fsp3) is 0.150. The van der Waals surface area contributed by atoms with E-state index in [0.717, 1.165) is 53.2 Å². The zero-order valence-electron chi connectivity index (χ0n) is 17.6. The van der Waals surface area contributed by atoms with Gasteiger partial charge in [-0.05, 0) is 48.5 Å². The highest BCUT2D eigenvalue weighted by Gasteiger charge is 2.32. The predicted octanol–water partition coefficient (Wildman–Crippen LogP) is 5.37. The average Bonchev–Trinajstić information content (AvgIpc) is 2.73. The summed E-state index contributed by atoms with van der Waals surface area (Å²) >= 11 is 0. The zero-order valence-corrected chi connectivity index (χ0v) is 18.5. The van der Waals surface area contributed by atoms with Crippen LogP contribution in [0.1, 0.15) is 5.56 Å². The molecule has 0 amide bonds. The molecule has 0 aliphatic carbocycles. The first-order valence-corrected chi connectivity index (χ1v) is 11.0. The number of nitrogens with one attached hydrogen (secondary N) is 1. The molecule has 0 atom stereocenters. The minimum absolute atomic E-state index is 0.0396. The molecule has 0 saturated heterocycles. The molecule has 3 aromatic rings. The van der Waals surface area contributed by atoms with E-state index in [-0.39, 0.29) is 22.9 Å². The second-order valence-electron chi connectivity index (χ2n) is 6.93. The number of nitrogens with zero attached hydrogens (tertiary/aromatic N) is 1. The van der Waals surface area contributed by atoms with Crippen LogP contribution in [0.25, 0.3) is 0 Å². The molecule has 3 N–H and O–H groups in total. The molecule has 36 heavy (non-hydrogen) atoms. The first kappa shape index (κ1) is 27.1. The Kier molecular flexibility index (Phi) is 7.69. The summed E-state index contributed by atoms with van der Waals surface area (Å²) < 4.78 is 102. The Morgan fingerprint density at radius 3 is 2.11 bits per heavy atom. The molecule has 9 nitrogen and oxygen atoms in total. The maximum atomic E-state index is 13.2. The van der Waals surface area contributed by atoms with Crippen molar-refractivity contribution in [1.82, 2.24) is 4.57 Å².